The summed E-state index contributed by atoms with van der Waals surface area (Å²) in [6.45, 7) is 2.08. The van der Waals surface area contributed by atoms with Crippen LogP contribution in [0.4, 0.5) is 0 Å². The first-order valence-corrected chi connectivity index (χ1v) is 8.07. The highest BCUT2D eigenvalue weighted by molar-refractivity contribution is 6.32. The van der Waals surface area contributed by atoms with E-state index in [-0.39, 0.29) is 24.2 Å². The highest BCUT2D eigenvalue weighted by atomic mass is 35.5. The average molecular weight is 339 g/mol. The van der Waals surface area contributed by atoms with E-state index in [9.17, 15) is 9.59 Å². The first-order valence-electron chi connectivity index (χ1n) is 7.69. The number of likely N-dealkylation sites (tertiary alicyclic amines) is 1. The minimum Gasteiger partial charge on any atom is -0.489 e. The minimum atomic E-state index is -0.348. The fourth-order valence-corrected chi connectivity index (χ4v) is 3.18. The third-order valence-electron chi connectivity index (χ3n) is 4.16. The molecule has 0 radical (unpaired) electrons. The zero-order valence-electron chi connectivity index (χ0n) is 12.7. The van der Waals surface area contributed by atoms with Crippen molar-refractivity contribution in [3.8, 4) is 11.5 Å². The largest absolute Gasteiger partial charge is 0.489 e. The Morgan fingerprint density at radius 2 is 2.09 bits per heavy atom. The Morgan fingerprint density at radius 1 is 1.30 bits per heavy atom. The topological polar surface area (TPSA) is 81.9 Å². The van der Waals surface area contributed by atoms with Crippen molar-refractivity contribution in [1.29, 1.82) is 0 Å². The summed E-state index contributed by atoms with van der Waals surface area (Å²) in [5, 5.41) is 0.448. The number of hydrogen-bond donors (Lipinski definition) is 1. The molecule has 2 aliphatic rings. The SMILES string of the molecule is NC(=O)[C@H]1CCN(C(=O)Cc2cc(Cl)c3c(c2)OCCCO3)C1. The van der Waals surface area contributed by atoms with Gasteiger partial charge in [0, 0.05) is 19.5 Å². The van der Waals surface area contributed by atoms with Gasteiger partial charge in [0.2, 0.25) is 11.8 Å². The van der Waals surface area contributed by atoms with Gasteiger partial charge < -0.3 is 20.1 Å². The molecular formula is C16H19ClN2O4. The first-order chi connectivity index (χ1) is 11.0. The number of benzene rings is 1. The van der Waals surface area contributed by atoms with Crippen molar-refractivity contribution in [3.63, 3.8) is 0 Å². The molecule has 0 unspecified atom stereocenters. The summed E-state index contributed by atoms with van der Waals surface area (Å²) in [5.74, 6) is 0.481. The van der Waals surface area contributed by atoms with E-state index >= 15 is 0 Å². The van der Waals surface area contributed by atoms with Crippen LogP contribution >= 0.6 is 11.6 Å². The number of carbonyl (C=O) groups is 2. The molecule has 1 aromatic rings. The van der Waals surface area contributed by atoms with E-state index in [1.807, 2.05) is 0 Å². The molecule has 7 heteroatoms. The average Bonchev–Trinajstić information content (AvgIpc) is 2.88. The Labute approximate surface area is 139 Å². The van der Waals surface area contributed by atoms with Crippen molar-refractivity contribution in [2.24, 2.45) is 11.7 Å². The van der Waals surface area contributed by atoms with Gasteiger partial charge in [-0.25, -0.2) is 0 Å². The zero-order chi connectivity index (χ0) is 16.4. The number of rotatable bonds is 3. The molecule has 2 aliphatic heterocycles. The molecule has 1 aromatic carbocycles. The molecule has 2 N–H and O–H groups in total. The highest BCUT2D eigenvalue weighted by Crippen LogP contribution is 2.38. The van der Waals surface area contributed by atoms with Crippen molar-refractivity contribution >= 4 is 23.4 Å². The second kappa shape index (κ2) is 6.66. The first kappa shape index (κ1) is 15.9. The van der Waals surface area contributed by atoms with Crippen LogP contribution in [0.25, 0.3) is 0 Å². The zero-order valence-corrected chi connectivity index (χ0v) is 13.5. The number of nitrogens with zero attached hydrogens (tertiary/aromatic N) is 1. The second-order valence-corrected chi connectivity index (χ2v) is 6.27. The molecular weight excluding hydrogens is 320 g/mol. The van der Waals surface area contributed by atoms with Crippen LogP contribution in [0.2, 0.25) is 5.02 Å². The number of ether oxygens (including phenoxy) is 2. The van der Waals surface area contributed by atoms with E-state index in [0.29, 0.717) is 49.2 Å². The molecule has 0 aromatic heterocycles. The molecule has 2 heterocycles. The van der Waals surface area contributed by atoms with Crippen LogP contribution in [-0.4, -0.2) is 43.0 Å². The van der Waals surface area contributed by atoms with Crippen LogP contribution < -0.4 is 15.2 Å². The standard InChI is InChI=1S/C16H19ClN2O4/c17-12-6-10(7-13-15(12)23-5-1-4-22-13)8-14(20)19-3-2-11(9-19)16(18)21/h6-7,11H,1-5,8-9H2,(H2,18,21)/t11-/m0/s1. The van der Waals surface area contributed by atoms with Gasteiger partial charge in [0.1, 0.15) is 0 Å². The van der Waals surface area contributed by atoms with Gasteiger partial charge in [-0.05, 0) is 24.1 Å². The van der Waals surface area contributed by atoms with E-state index in [0.717, 1.165) is 12.0 Å². The molecule has 1 atom stereocenters. The number of amides is 2. The van der Waals surface area contributed by atoms with Crippen LogP contribution in [0.1, 0.15) is 18.4 Å². The van der Waals surface area contributed by atoms with Gasteiger partial charge in [0.25, 0.3) is 0 Å². The number of halogens is 1. The molecule has 1 fully saturated rings. The number of primary amides is 1. The Balaban J connectivity index is 1.71. The molecule has 124 valence electrons. The van der Waals surface area contributed by atoms with Crippen LogP contribution in [0.15, 0.2) is 12.1 Å². The molecule has 0 saturated carbocycles. The summed E-state index contributed by atoms with van der Waals surface area (Å²) >= 11 is 6.24. The number of hydrogen-bond acceptors (Lipinski definition) is 4. The maximum Gasteiger partial charge on any atom is 0.227 e. The quantitative estimate of drug-likeness (QED) is 0.902. The van der Waals surface area contributed by atoms with E-state index in [4.69, 9.17) is 26.8 Å². The Kier molecular flexibility index (Phi) is 4.61. The van der Waals surface area contributed by atoms with Gasteiger partial charge in [-0.1, -0.05) is 11.6 Å². The molecule has 0 aliphatic carbocycles. The van der Waals surface area contributed by atoms with Gasteiger partial charge in [-0.15, -0.1) is 0 Å². The third kappa shape index (κ3) is 3.52. The fourth-order valence-electron chi connectivity index (χ4n) is 2.89. The van der Waals surface area contributed by atoms with E-state index < -0.39 is 0 Å². The summed E-state index contributed by atoms with van der Waals surface area (Å²) in [6.07, 6.45) is 1.63. The van der Waals surface area contributed by atoms with Gasteiger partial charge in [0.05, 0.1) is 30.6 Å². The van der Waals surface area contributed by atoms with Crippen LogP contribution in [0.5, 0.6) is 11.5 Å². The van der Waals surface area contributed by atoms with Crippen molar-refractivity contribution in [2.75, 3.05) is 26.3 Å². The maximum absolute atomic E-state index is 12.4. The van der Waals surface area contributed by atoms with Crippen molar-refractivity contribution in [3.05, 3.63) is 22.7 Å². The van der Waals surface area contributed by atoms with Crippen molar-refractivity contribution in [2.45, 2.75) is 19.3 Å². The molecule has 6 nitrogen and oxygen atoms in total. The Bertz CT molecular complexity index is 635. The monoisotopic (exact) mass is 338 g/mol. The van der Waals surface area contributed by atoms with E-state index in [1.165, 1.54) is 0 Å². The van der Waals surface area contributed by atoms with E-state index in [1.54, 1.807) is 17.0 Å². The number of nitrogens with two attached hydrogens (primary N) is 1. The predicted octanol–water partition coefficient (Wildman–Crippen LogP) is 1.38. The molecule has 0 spiro atoms. The summed E-state index contributed by atoms with van der Waals surface area (Å²) in [5.41, 5.74) is 6.07. The Hall–Kier alpha value is -1.95. The normalized spacial score (nSPS) is 20.2. The lowest BCUT2D eigenvalue weighted by atomic mass is 10.1. The van der Waals surface area contributed by atoms with Crippen LogP contribution in [-0.2, 0) is 16.0 Å². The fraction of sp³-hybridized carbons (Fsp3) is 0.500. The second-order valence-electron chi connectivity index (χ2n) is 5.86. The van der Waals surface area contributed by atoms with Gasteiger partial charge in [-0.3, -0.25) is 9.59 Å². The molecule has 23 heavy (non-hydrogen) atoms. The molecule has 2 amide bonds. The summed E-state index contributed by atoms with van der Waals surface area (Å²) in [7, 11) is 0. The molecule has 0 bridgehead atoms. The van der Waals surface area contributed by atoms with Crippen LogP contribution in [0, 0.1) is 5.92 Å². The third-order valence-corrected chi connectivity index (χ3v) is 4.44. The number of carbonyl (C=O) groups excluding carboxylic acids is 2. The number of fused-ring (bicyclic) bond motifs is 1. The molecule has 1 saturated heterocycles. The van der Waals surface area contributed by atoms with Crippen molar-refractivity contribution in [1.82, 2.24) is 4.90 Å². The lowest BCUT2D eigenvalue weighted by Crippen LogP contribution is -2.32. The summed E-state index contributed by atoms with van der Waals surface area (Å²) in [6, 6.07) is 3.53. The highest BCUT2D eigenvalue weighted by Gasteiger charge is 2.29. The van der Waals surface area contributed by atoms with Gasteiger partial charge >= 0.3 is 0 Å². The van der Waals surface area contributed by atoms with Gasteiger partial charge in [0.15, 0.2) is 11.5 Å². The van der Waals surface area contributed by atoms with E-state index in [2.05, 4.69) is 0 Å². The summed E-state index contributed by atoms with van der Waals surface area (Å²) in [4.78, 5) is 25.3. The summed E-state index contributed by atoms with van der Waals surface area (Å²) < 4.78 is 11.2. The predicted molar refractivity (Wildman–Crippen MR) is 84.6 cm³/mol. The smallest absolute Gasteiger partial charge is 0.227 e. The lowest BCUT2D eigenvalue weighted by Gasteiger charge is -2.17. The lowest BCUT2D eigenvalue weighted by molar-refractivity contribution is -0.129. The van der Waals surface area contributed by atoms with Crippen molar-refractivity contribution < 1.29 is 19.1 Å². The van der Waals surface area contributed by atoms with Gasteiger partial charge in [-0.2, -0.15) is 0 Å². The Morgan fingerprint density at radius 3 is 2.83 bits per heavy atom. The molecule has 3 rings (SSSR count). The maximum atomic E-state index is 12.4. The van der Waals surface area contributed by atoms with Crippen LogP contribution in [0.3, 0.4) is 0 Å². The minimum absolute atomic E-state index is 0.0423.